The maximum Gasteiger partial charge on any atom is 0.273 e. The number of halogens is 1. The third kappa shape index (κ3) is 7.41. The number of carbonyl (C=O) groups excluding carboxylic acids is 1. The summed E-state index contributed by atoms with van der Waals surface area (Å²) in [7, 11) is 3.15. The lowest BCUT2D eigenvalue weighted by Gasteiger charge is -2.10. The lowest BCUT2D eigenvalue weighted by Crippen LogP contribution is -2.27. The summed E-state index contributed by atoms with van der Waals surface area (Å²) in [5, 5.41) is 11.0. The molecule has 4 aromatic rings. The van der Waals surface area contributed by atoms with Crippen molar-refractivity contribution < 1.29 is 23.4 Å². The zero-order valence-electron chi connectivity index (χ0n) is 21.7. The minimum atomic E-state index is -0.405. The van der Waals surface area contributed by atoms with E-state index in [4.69, 9.17) is 14.2 Å². The van der Waals surface area contributed by atoms with Crippen LogP contribution in [0.25, 0.3) is 11.4 Å². The summed E-state index contributed by atoms with van der Waals surface area (Å²) in [6.07, 6.45) is 0.888. The molecule has 0 fully saturated rings. The Morgan fingerprint density at radius 3 is 2.44 bits per heavy atom. The van der Waals surface area contributed by atoms with Crippen LogP contribution in [-0.4, -0.2) is 41.9 Å². The zero-order chi connectivity index (χ0) is 27.6. The molecule has 10 heteroatoms. The van der Waals surface area contributed by atoms with Crippen molar-refractivity contribution in [2.45, 2.75) is 25.9 Å². The molecule has 1 amide bonds. The standard InChI is InChI=1S/C29H29FN4O5/c1-37-25-13-7-19(17-26(25)38-2)15-16-31-27(35)14-12-24-29(36)32-28(34-33-24)20-8-10-22(11-9-20)39-18-21-5-3-4-6-23(21)30/h3-11,13,17H,12,14-16,18H2,1-2H3,(H,31,35)(H,32,34,36). The zero-order valence-corrected chi connectivity index (χ0v) is 21.7. The second-order valence-corrected chi connectivity index (χ2v) is 8.64. The van der Waals surface area contributed by atoms with E-state index in [9.17, 15) is 14.0 Å². The van der Waals surface area contributed by atoms with Gasteiger partial charge in [0.1, 0.15) is 23.9 Å². The third-order valence-corrected chi connectivity index (χ3v) is 6.02. The summed E-state index contributed by atoms with van der Waals surface area (Å²) in [4.78, 5) is 27.5. The van der Waals surface area contributed by atoms with Gasteiger partial charge in [-0.05, 0) is 54.4 Å². The lowest BCUT2D eigenvalue weighted by atomic mass is 10.1. The first kappa shape index (κ1) is 27.3. The van der Waals surface area contributed by atoms with E-state index in [1.165, 1.54) is 6.07 Å². The molecule has 4 rings (SSSR count). The van der Waals surface area contributed by atoms with E-state index in [0.29, 0.717) is 47.2 Å². The monoisotopic (exact) mass is 532 g/mol. The minimum Gasteiger partial charge on any atom is -0.493 e. The summed E-state index contributed by atoms with van der Waals surface area (Å²) in [6.45, 7) is 0.538. The first-order valence-corrected chi connectivity index (χ1v) is 12.4. The van der Waals surface area contributed by atoms with Gasteiger partial charge in [0, 0.05) is 30.5 Å². The number of benzene rings is 3. The van der Waals surface area contributed by atoms with Crippen LogP contribution in [0.15, 0.2) is 71.5 Å². The van der Waals surface area contributed by atoms with Gasteiger partial charge in [0.2, 0.25) is 5.91 Å². The third-order valence-electron chi connectivity index (χ3n) is 6.02. The molecule has 0 unspecified atom stereocenters. The fraction of sp³-hybridized carbons (Fsp3) is 0.241. The van der Waals surface area contributed by atoms with E-state index in [2.05, 4.69) is 20.5 Å². The Morgan fingerprint density at radius 2 is 1.72 bits per heavy atom. The van der Waals surface area contributed by atoms with Crippen LogP contribution in [0.1, 0.15) is 23.2 Å². The molecular formula is C29H29FN4O5. The van der Waals surface area contributed by atoms with Crippen molar-refractivity contribution in [3.63, 3.8) is 0 Å². The van der Waals surface area contributed by atoms with E-state index in [1.54, 1.807) is 56.7 Å². The Kier molecular flexibility index (Phi) is 9.23. The number of aromatic nitrogens is 3. The van der Waals surface area contributed by atoms with E-state index in [-0.39, 0.29) is 36.9 Å². The van der Waals surface area contributed by atoms with Gasteiger partial charge < -0.3 is 24.5 Å². The predicted molar refractivity (Wildman–Crippen MR) is 143 cm³/mol. The van der Waals surface area contributed by atoms with Crippen molar-refractivity contribution >= 4 is 5.91 Å². The Labute approximate surface area is 225 Å². The summed E-state index contributed by atoms with van der Waals surface area (Å²) in [6, 6.07) is 18.9. The molecule has 1 heterocycles. The number of nitrogens with zero attached hydrogens (tertiary/aromatic N) is 2. The van der Waals surface area contributed by atoms with Crippen LogP contribution >= 0.6 is 0 Å². The van der Waals surface area contributed by atoms with Crippen molar-refractivity contribution in [1.29, 1.82) is 0 Å². The normalized spacial score (nSPS) is 10.6. The average molecular weight is 533 g/mol. The molecule has 0 aliphatic heterocycles. The van der Waals surface area contributed by atoms with Gasteiger partial charge in [-0.25, -0.2) is 4.39 Å². The topological polar surface area (TPSA) is 115 Å². The summed E-state index contributed by atoms with van der Waals surface area (Å²) >= 11 is 0. The van der Waals surface area contributed by atoms with Crippen molar-refractivity contribution in [3.8, 4) is 28.6 Å². The number of aromatic amines is 1. The lowest BCUT2D eigenvalue weighted by molar-refractivity contribution is -0.121. The minimum absolute atomic E-state index is 0.0984. The smallest absolute Gasteiger partial charge is 0.273 e. The molecule has 0 radical (unpaired) electrons. The Hall–Kier alpha value is -4.73. The Balaban J connectivity index is 1.25. The van der Waals surface area contributed by atoms with Gasteiger partial charge >= 0.3 is 0 Å². The highest BCUT2D eigenvalue weighted by Gasteiger charge is 2.11. The highest BCUT2D eigenvalue weighted by atomic mass is 19.1. The molecular weight excluding hydrogens is 503 g/mol. The van der Waals surface area contributed by atoms with Crippen molar-refractivity contribution in [2.24, 2.45) is 0 Å². The highest BCUT2D eigenvalue weighted by molar-refractivity contribution is 5.76. The highest BCUT2D eigenvalue weighted by Crippen LogP contribution is 2.27. The summed E-state index contributed by atoms with van der Waals surface area (Å²) in [5.74, 6) is 1.60. The van der Waals surface area contributed by atoms with Gasteiger partial charge in [-0.2, -0.15) is 0 Å². The SMILES string of the molecule is COc1ccc(CCNC(=O)CCc2nnc(-c3ccc(OCc4ccccc4F)cc3)[nH]c2=O)cc1OC. The van der Waals surface area contributed by atoms with Crippen molar-refractivity contribution in [2.75, 3.05) is 20.8 Å². The molecule has 0 saturated carbocycles. The van der Waals surface area contributed by atoms with Crippen LogP contribution in [0.2, 0.25) is 0 Å². The van der Waals surface area contributed by atoms with E-state index < -0.39 is 5.56 Å². The number of hydrogen-bond acceptors (Lipinski definition) is 7. The summed E-state index contributed by atoms with van der Waals surface area (Å²) in [5.41, 5.74) is 1.86. The number of amides is 1. The van der Waals surface area contributed by atoms with Crippen molar-refractivity contribution in [1.82, 2.24) is 20.5 Å². The van der Waals surface area contributed by atoms with Gasteiger partial charge in [-0.3, -0.25) is 9.59 Å². The maximum absolute atomic E-state index is 13.8. The molecule has 0 aliphatic carbocycles. The van der Waals surface area contributed by atoms with Crippen LogP contribution < -0.4 is 25.1 Å². The molecule has 202 valence electrons. The molecule has 9 nitrogen and oxygen atoms in total. The second kappa shape index (κ2) is 13.2. The molecule has 39 heavy (non-hydrogen) atoms. The quantitative estimate of drug-likeness (QED) is 0.285. The molecule has 1 aromatic heterocycles. The number of aryl methyl sites for hydroxylation is 1. The van der Waals surface area contributed by atoms with Gasteiger partial charge in [0.05, 0.1) is 14.2 Å². The van der Waals surface area contributed by atoms with Gasteiger partial charge in [-0.15, -0.1) is 10.2 Å². The fourth-order valence-corrected chi connectivity index (χ4v) is 3.84. The second-order valence-electron chi connectivity index (χ2n) is 8.64. The van der Waals surface area contributed by atoms with E-state index in [1.807, 2.05) is 18.2 Å². The Morgan fingerprint density at radius 1 is 0.949 bits per heavy atom. The molecule has 0 aliphatic rings. The number of H-pyrrole nitrogens is 1. The largest absolute Gasteiger partial charge is 0.493 e. The number of hydrogen-bond donors (Lipinski definition) is 2. The van der Waals surface area contributed by atoms with Crippen LogP contribution in [-0.2, 0) is 24.2 Å². The number of nitrogens with one attached hydrogen (secondary N) is 2. The van der Waals surface area contributed by atoms with E-state index in [0.717, 1.165) is 5.56 Å². The number of rotatable bonds is 12. The predicted octanol–water partition coefficient (Wildman–Crippen LogP) is 3.86. The fourth-order valence-electron chi connectivity index (χ4n) is 3.84. The molecule has 0 saturated heterocycles. The molecule has 3 aromatic carbocycles. The molecule has 0 atom stereocenters. The molecule has 0 bridgehead atoms. The van der Waals surface area contributed by atoms with Gasteiger partial charge in [-0.1, -0.05) is 24.3 Å². The first-order chi connectivity index (χ1) is 19.0. The van der Waals surface area contributed by atoms with Crippen LogP contribution in [0.3, 0.4) is 0 Å². The molecule has 0 spiro atoms. The van der Waals surface area contributed by atoms with E-state index >= 15 is 0 Å². The van der Waals surface area contributed by atoms with Crippen LogP contribution in [0.4, 0.5) is 4.39 Å². The molecule has 2 N–H and O–H groups in total. The number of carbonyl (C=O) groups is 1. The van der Waals surface area contributed by atoms with Crippen molar-refractivity contribution in [3.05, 3.63) is 99.7 Å². The van der Waals surface area contributed by atoms with Gasteiger partial charge in [0.15, 0.2) is 17.3 Å². The number of methoxy groups -OCH3 is 2. The van der Waals surface area contributed by atoms with Crippen LogP contribution in [0, 0.1) is 5.82 Å². The first-order valence-electron chi connectivity index (χ1n) is 12.4. The Bertz CT molecular complexity index is 1470. The average Bonchev–Trinajstić information content (AvgIpc) is 2.96. The van der Waals surface area contributed by atoms with Gasteiger partial charge in [0.25, 0.3) is 5.56 Å². The maximum atomic E-state index is 13.8. The van der Waals surface area contributed by atoms with Crippen LogP contribution in [0.5, 0.6) is 17.2 Å². The summed E-state index contributed by atoms with van der Waals surface area (Å²) < 4.78 is 29.9. The number of ether oxygens (including phenoxy) is 3.